The van der Waals surface area contributed by atoms with Crippen LogP contribution in [0.4, 0.5) is 0 Å². The van der Waals surface area contributed by atoms with Crippen molar-refractivity contribution in [1.29, 1.82) is 0 Å². The first-order valence-corrected chi connectivity index (χ1v) is 6.18. The zero-order valence-corrected chi connectivity index (χ0v) is 8.97. The number of rotatable bonds is 3. The van der Waals surface area contributed by atoms with Gasteiger partial charge in [0.2, 0.25) is 9.05 Å². The minimum atomic E-state index is -3.67. The van der Waals surface area contributed by atoms with Gasteiger partial charge in [0.1, 0.15) is 11.5 Å². The van der Waals surface area contributed by atoms with Crippen LogP contribution >= 0.6 is 10.7 Å². The molecule has 0 radical (unpaired) electrons. The second-order valence-electron chi connectivity index (χ2n) is 2.68. The molecule has 0 unspecified atom stereocenters. The molecule has 1 rings (SSSR count). The number of phenolic OH excluding ortho intramolecular Hbond substituents is 1. The van der Waals surface area contributed by atoms with Gasteiger partial charge >= 0.3 is 0 Å². The lowest BCUT2D eigenvalue weighted by molar-refractivity contribution is 0.411. The molecule has 0 fully saturated rings. The molecule has 0 heterocycles. The van der Waals surface area contributed by atoms with Crippen molar-refractivity contribution in [2.75, 3.05) is 7.11 Å². The Bertz CT molecular complexity index is 427. The molecule has 4 nitrogen and oxygen atoms in total. The monoisotopic (exact) mass is 236 g/mol. The number of phenols is 1. The highest BCUT2D eigenvalue weighted by atomic mass is 35.7. The fourth-order valence-corrected chi connectivity index (χ4v) is 1.95. The molecule has 1 aromatic rings. The fourth-order valence-electron chi connectivity index (χ4n) is 0.990. The van der Waals surface area contributed by atoms with Gasteiger partial charge < -0.3 is 9.84 Å². The Morgan fingerprint density at radius 1 is 1.50 bits per heavy atom. The number of methoxy groups -OCH3 is 1. The minimum absolute atomic E-state index is 0.116. The summed E-state index contributed by atoms with van der Waals surface area (Å²) in [7, 11) is 2.84. The molecule has 0 bridgehead atoms. The molecule has 0 saturated heterocycles. The summed E-state index contributed by atoms with van der Waals surface area (Å²) in [5, 5.41) is 9.32. The Kier molecular flexibility index (Phi) is 3.23. The third-order valence-electron chi connectivity index (χ3n) is 1.61. The summed E-state index contributed by atoms with van der Waals surface area (Å²) in [5.41, 5.74) is 0.222. The van der Waals surface area contributed by atoms with Gasteiger partial charge in [-0.15, -0.1) is 0 Å². The van der Waals surface area contributed by atoms with Crippen LogP contribution in [0.2, 0.25) is 0 Å². The van der Waals surface area contributed by atoms with Crippen molar-refractivity contribution in [3.05, 3.63) is 23.8 Å². The van der Waals surface area contributed by atoms with Crippen LogP contribution < -0.4 is 4.74 Å². The predicted octanol–water partition coefficient (Wildman–Crippen LogP) is 1.47. The van der Waals surface area contributed by atoms with E-state index in [9.17, 15) is 13.5 Å². The number of halogens is 1. The van der Waals surface area contributed by atoms with Crippen molar-refractivity contribution >= 4 is 19.7 Å². The maximum Gasteiger partial charge on any atom is 0.236 e. The summed E-state index contributed by atoms with van der Waals surface area (Å²) in [4.78, 5) is 0. The molecule has 14 heavy (non-hydrogen) atoms. The molecular weight excluding hydrogens is 228 g/mol. The van der Waals surface area contributed by atoms with Crippen LogP contribution in [0.25, 0.3) is 0 Å². The third kappa shape index (κ3) is 3.08. The van der Waals surface area contributed by atoms with Gasteiger partial charge in [0.15, 0.2) is 0 Å². The number of ether oxygens (including phenoxy) is 1. The molecule has 1 aromatic carbocycles. The Hall–Kier alpha value is -0.940. The highest BCUT2D eigenvalue weighted by Gasteiger charge is 2.11. The van der Waals surface area contributed by atoms with Gasteiger partial charge in [-0.05, 0) is 18.2 Å². The second kappa shape index (κ2) is 4.06. The van der Waals surface area contributed by atoms with Crippen molar-refractivity contribution in [3.63, 3.8) is 0 Å². The highest BCUT2D eigenvalue weighted by molar-refractivity contribution is 8.13. The maximum absolute atomic E-state index is 10.8. The molecule has 0 amide bonds. The van der Waals surface area contributed by atoms with Gasteiger partial charge in [0.25, 0.3) is 0 Å². The molecule has 0 spiro atoms. The SMILES string of the molecule is COc1ccc(O)c(CS(=O)(=O)Cl)c1. The second-order valence-corrected chi connectivity index (χ2v) is 5.45. The molecule has 0 atom stereocenters. The number of hydrogen-bond donors (Lipinski definition) is 1. The van der Waals surface area contributed by atoms with Gasteiger partial charge in [0.05, 0.1) is 12.9 Å². The number of aromatic hydroxyl groups is 1. The molecule has 0 aromatic heterocycles. The zero-order chi connectivity index (χ0) is 10.8. The Labute approximate surface area is 86.5 Å². The van der Waals surface area contributed by atoms with E-state index >= 15 is 0 Å². The Morgan fingerprint density at radius 2 is 2.14 bits per heavy atom. The summed E-state index contributed by atoms with van der Waals surface area (Å²) in [6.07, 6.45) is 0. The van der Waals surface area contributed by atoms with E-state index in [1.54, 1.807) is 0 Å². The smallest absolute Gasteiger partial charge is 0.236 e. The van der Waals surface area contributed by atoms with E-state index in [0.29, 0.717) is 5.75 Å². The summed E-state index contributed by atoms with van der Waals surface area (Å²) in [6, 6.07) is 4.31. The number of hydrogen-bond acceptors (Lipinski definition) is 4. The van der Waals surface area contributed by atoms with Crippen LogP contribution in [0.1, 0.15) is 5.56 Å². The van der Waals surface area contributed by atoms with Gasteiger partial charge in [-0.2, -0.15) is 0 Å². The predicted molar refractivity (Wildman–Crippen MR) is 53.1 cm³/mol. The average molecular weight is 237 g/mol. The fraction of sp³-hybridized carbons (Fsp3) is 0.250. The largest absolute Gasteiger partial charge is 0.508 e. The van der Waals surface area contributed by atoms with Gasteiger partial charge in [0, 0.05) is 16.2 Å². The van der Waals surface area contributed by atoms with Crippen LogP contribution in [-0.2, 0) is 14.8 Å². The molecule has 6 heteroatoms. The highest BCUT2D eigenvalue weighted by Crippen LogP contribution is 2.25. The quantitative estimate of drug-likeness (QED) is 0.808. The van der Waals surface area contributed by atoms with Crippen LogP contribution in [-0.4, -0.2) is 20.6 Å². The summed E-state index contributed by atoms with van der Waals surface area (Å²) < 4.78 is 26.4. The van der Waals surface area contributed by atoms with Gasteiger partial charge in [-0.3, -0.25) is 0 Å². The summed E-state index contributed by atoms with van der Waals surface area (Å²) in [6.45, 7) is 0. The van der Waals surface area contributed by atoms with Crippen molar-refractivity contribution < 1.29 is 18.3 Å². The van der Waals surface area contributed by atoms with E-state index in [0.717, 1.165) is 0 Å². The number of benzene rings is 1. The van der Waals surface area contributed by atoms with E-state index in [1.165, 1.54) is 25.3 Å². The standard InChI is InChI=1S/C8H9ClO4S/c1-13-7-2-3-8(10)6(4-7)5-14(9,11)12/h2-4,10H,5H2,1H3. The van der Waals surface area contributed by atoms with Crippen LogP contribution in [0.3, 0.4) is 0 Å². The normalized spacial score (nSPS) is 11.3. The molecule has 78 valence electrons. The molecule has 0 aliphatic rings. The van der Waals surface area contributed by atoms with Crippen LogP contribution in [0.15, 0.2) is 18.2 Å². The first-order chi connectivity index (χ1) is 6.42. The summed E-state index contributed by atoms with van der Waals surface area (Å²) >= 11 is 0. The Balaban J connectivity index is 3.07. The van der Waals surface area contributed by atoms with E-state index < -0.39 is 14.8 Å². The third-order valence-corrected chi connectivity index (χ3v) is 2.60. The molecular formula is C8H9ClO4S. The first kappa shape index (κ1) is 11.1. The lowest BCUT2D eigenvalue weighted by atomic mass is 10.2. The van der Waals surface area contributed by atoms with E-state index in [1.807, 2.05) is 0 Å². The lowest BCUT2D eigenvalue weighted by Crippen LogP contribution is -1.96. The average Bonchev–Trinajstić information content (AvgIpc) is 2.06. The van der Waals surface area contributed by atoms with E-state index in [2.05, 4.69) is 0 Å². The van der Waals surface area contributed by atoms with Crippen molar-refractivity contribution in [3.8, 4) is 11.5 Å². The van der Waals surface area contributed by atoms with Crippen molar-refractivity contribution in [1.82, 2.24) is 0 Å². The van der Waals surface area contributed by atoms with Crippen molar-refractivity contribution in [2.45, 2.75) is 5.75 Å². The molecule has 0 aliphatic carbocycles. The van der Waals surface area contributed by atoms with Crippen LogP contribution in [0, 0.1) is 0 Å². The van der Waals surface area contributed by atoms with Crippen LogP contribution in [0.5, 0.6) is 11.5 Å². The maximum atomic E-state index is 10.8. The zero-order valence-electron chi connectivity index (χ0n) is 7.40. The molecule has 1 N–H and O–H groups in total. The van der Waals surface area contributed by atoms with Gasteiger partial charge in [-0.25, -0.2) is 8.42 Å². The molecule has 0 saturated carbocycles. The van der Waals surface area contributed by atoms with Crippen molar-refractivity contribution in [2.24, 2.45) is 0 Å². The minimum Gasteiger partial charge on any atom is -0.508 e. The Morgan fingerprint density at radius 3 is 2.64 bits per heavy atom. The molecule has 0 aliphatic heterocycles. The summed E-state index contributed by atoms with van der Waals surface area (Å²) in [5.74, 6) is -0.0643. The van der Waals surface area contributed by atoms with E-state index in [4.69, 9.17) is 15.4 Å². The lowest BCUT2D eigenvalue weighted by Gasteiger charge is -2.04. The van der Waals surface area contributed by atoms with Gasteiger partial charge in [-0.1, -0.05) is 0 Å². The van der Waals surface area contributed by atoms with E-state index in [-0.39, 0.29) is 11.3 Å². The topological polar surface area (TPSA) is 63.6 Å². The first-order valence-electron chi connectivity index (χ1n) is 3.70.